The minimum absolute atomic E-state index is 0. The first kappa shape index (κ1) is 60.7. The average molecular weight is 869 g/mol. The van der Waals surface area contributed by atoms with Crippen molar-refractivity contribution in [3.63, 3.8) is 0 Å². The predicted molar refractivity (Wildman–Crippen MR) is 223 cm³/mol. The molecular weight excluding hydrogens is 793 g/mol. The Hall–Kier alpha value is -2.60. The van der Waals surface area contributed by atoms with Crippen LogP contribution in [0.2, 0.25) is 0 Å². The molecule has 0 saturated heterocycles. The zero-order valence-corrected chi connectivity index (χ0v) is 38.7. The molecule has 0 bridgehead atoms. The van der Waals surface area contributed by atoms with Crippen molar-refractivity contribution < 1.29 is 68.4 Å². The van der Waals surface area contributed by atoms with Crippen LogP contribution in [-0.2, 0) is 28.8 Å². The van der Waals surface area contributed by atoms with Gasteiger partial charge in [0.2, 0.25) is 11.8 Å². The smallest absolute Gasteiger partial charge is 0.550 e. The third-order valence-corrected chi connectivity index (χ3v) is 10.9. The van der Waals surface area contributed by atoms with E-state index in [2.05, 4.69) is 23.8 Å². The van der Waals surface area contributed by atoms with Gasteiger partial charge in [-0.15, -0.1) is 13.2 Å². The Morgan fingerprint density at radius 1 is 0.542 bits per heavy atom. The van der Waals surface area contributed by atoms with E-state index in [0.717, 1.165) is 38.5 Å². The molecular formula is C42H76CaN4O12+2. The number of aliphatic carboxylic acids is 4. The first-order chi connectivity index (χ1) is 27.3. The van der Waals surface area contributed by atoms with Gasteiger partial charge in [-0.3, -0.25) is 19.2 Å². The van der Waals surface area contributed by atoms with Crippen molar-refractivity contribution in [2.45, 2.75) is 105 Å². The number of rotatable bonds is 36. The topological polar surface area (TPSA) is 254 Å². The Kier molecular flexibility index (Phi) is 37.1. The van der Waals surface area contributed by atoms with E-state index in [-0.39, 0.29) is 62.8 Å². The molecule has 0 aromatic rings. The number of allylic oxidation sites excluding steroid dienone is 2. The van der Waals surface area contributed by atoms with E-state index < -0.39 is 47.5 Å². The molecule has 6 N–H and O–H groups in total. The zero-order chi connectivity index (χ0) is 44.6. The first-order valence-corrected chi connectivity index (χ1v) is 20.9. The van der Waals surface area contributed by atoms with E-state index in [1.165, 1.54) is 0 Å². The van der Waals surface area contributed by atoms with Crippen LogP contribution in [0.4, 0.5) is 0 Å². The molecule has 6 unspecified atom stereocenters. The number of amides is 2. The van der Waals surface area contributed by atoms with Crippen molar-refractivity contribution in [2.75, 3.05) is 78.7 Å². The van der Waals surface area contributed by atoms with Gasteiger partial charge >= 0.3 is 49.7 Å². The summed E-state index contributed by atoms with van der Waals surface area (Å²) in [6.45, 7) is 18.0. The summed E-state index contributed by atoms with van der Waals surface area (Å²) in [6.07, 6.45) is 11.2. The second-order valence-corrected chi connectivity index (χ2v) is 15.8. The molecule has 0 aliphatic rings. The van der Waals surface area contributed by atoms with Gasteiger partial charge in [-0.25, -0.2) is 0 Å². The molecule has 0 aromatic carbocycles. The van der Waals surface area contributed by atoms with Gasteiger partial charge in [0.05, 0.1) is 77.4 Å². The molecule has 2 amide bonds. The normalized spacial score (nSPS) is 14.9. The van der Waals surface area contributed by atoms with Crippen molar-refractivity contribution in [1.29, 1.82) is 0 Å². The standard InChI is InChI=1S/2C21H38N2O6.Ca/c2*1-4-5-6-7-8-19(25)22-11-14-23(15-16-24,12-9-17(2)20(26)27)13-10-18(3)21(28)29;/h2*4,17-18,24H,1,5-16H2,2-3H3,(H2-,22,25,26,27,28,29);/q;;+2. The molecule has 59 heavy (non-hydrogen) atoms. The second kappa shape index (κ2) is 36.1. The molecule has 17 heteroatoms. The number of aliphatic hydroxyl groups excluding tert-OH is 2. The van der Waals surface area contributed by atoms with Crippen molar-refractivity contribution in [2.24, 2.45) is 23.7 Å². The number of nitrogens with zero attached hydrogens (tertiary/aromatic N) is 2. The minimum atomic E-state index is -1.13. The number of hydrogen-bond acceptors (Lipinski definition) is 10. The van der Waals surface area contributed by atoms with Gasteiger partial charge in [0.25, 0.3) is 0 Å². The van der Waals surface area contributed by atoms with Crippen LogP contribution in [0.15, 0.2) is 25.3 Å². The van der Waals surface area contributed by atoms with Gasteiger partial charge in [-0.1, -0.05) is 39.8 Å². The number of nitrogens with one attached hydrogen (secondary N) is 2. The fourth-order valence-electron chi connectivity index (χ4n) is 6.31. The van der Waals surface area contributed by atoms with Gasteiger partial charge < -0.3 is 59.8 Å². The van der Waals surface area contributed by atoms with E-state index in [1.807, 2.05) is 12.2 Å². The molecule has 0 rings (SSSR count). The van der Waals surface area contributed by atoms with Crippen LogP contribution < -0.4 is 20.8 Å². The van der Waals surface area contributed by atoms with Gasteiger partial charge in [-0.05, 0) is 38.5 Å². The Morgan fingerprint density at radius 2 is 0.847 bits per heavy atom. The largest absolute Gasteiger partial charge is 2.00 e. The monoisotopic (exact) mass is 869 g/mol. The number of quaternary nitrogens is 2. The molecule has 0 heterocycles. The maximum atomic E-state index is 12.0. The Labute approximate surface area is 382 Å². The SMILES string of the molecule is C=CCCCCC(=O)NCC[N+](CCO)(CCC(C)C(=O)[O-])CCC(C)C(=O)O.C=CCCCCC(=O)NCC[N+](CCO)(CCC(C)C(=O)[O-])CCC(C)C(=O)O.[Ca+2]. The predicted octanol–water partition coefficient (Wildman–Crippen LogP) is 0.709. The summed E-state index contributed by atoms with van der Waals surface area (Å²) < 4.78 is 0.727. The Bertz CT molecular complexity index is 1100. The number of carboxylic acids is 4. The molecule has 0 aliphatic heterocycles. The van der Waals surface area contributed by atoms with Crippen molar-refractivity contribution in [1.82, 2.24) is 10.6 Å². The van der Waals surface area contributed by atoms with Crippen molar-refractivity contribution in [3.05, 3.63) is 25.3 Å². The summed E-state index contributed by atoms with van der Waals surface area (Å²) in [5.74, 6) is -6.46. The molecule has 0 spiro atoms. The molecule has 0 saturated carbocycles. The van der Waals surface area contributed by atoms with Crippen LogP contribution in [0.1, 0.15) is 105 Å². The summed E-state index contributed by atoms with van der Waals surface area (Å²) in [5, 5.41) is 65.4. The number of carbonyl (C=O) groups excluding carboxylic acids is 4. The van der Waals surface area contributed by atoms with Crippen LogP contribution in [0, 0.1) is 23.7 Å². The van der Waals surface area contributed by atoms with Gasteiger partial charge in [-0.2, -0.15) is 0 Å². The number of unbranched alkanes of at least 4 members (excludes halogenated alkanes) is 4. The van der Waals surface area contributed by atoms with E-state index in [0.29, 0.717) is 113 Å². The maximum absolute atomic E-state index is 12.0. The van der Waals surface area contributed by atoms with Crippen LogP contribution in [0.3, 0.4) is 0 Å². The zero-order valence-electron chi connectivity index (χ0n) is 36.5. The molecule has 0 radical (unpaired) electrons. The Balaban J connectivity index is -0.00000105. The number of carbonyl (C=O) groups is 6. The van der Waals surface area contributed by atoms with E-state index in [9.17, 15) is 49.2 Å². The fraction of sp³-hybridized carbons (Fsp3) is 0.762. The molecule has 336 valence electrons. The summed E-state index contributed by atoms with van der Waals surface area (Å²) in [7, 11) is 0. The average Bonchev–Trinajstić information content (AvgIpc) is 3.17. The van der Waals surface area contributed by atoms with Gasteiger partial charge in [0.15, 0.2) is 0 Å². The molecule has 16 nitrogen and oxygen atoms in total. The third-order valence-electron chi connectivity index (χ3n) is 10.9. The molecule has 0 aromatic heterocycles. The van der Waals surface area contributed by atoms with Gasteiger partial charge in [0.1, 0.15) is 13.1 Å². The van der Waals surface area contributed by atoms with E-state index in [4.69, 9.17) is 10.2 Å². The van der Waals surface area contributed by atoms with Crippen LogP contribution >= 0.6 is 0 Å². The van der Waals surface area contributed by atoms with Crippen molar-refractivity contribution in [3.8, 4) is 0 Å². The molecule has 0 aliphatic carbocycles. The van der Waals surface area contributed by atoms with E-state index in [1.54, 1.807) is 27.7 Å². The summed E-state index contributed by atoms with van der Waals surface area (Å²) in [6, 6.07) is 0. The van der Waals surface area contributed by atoms with Crippen LogP contribution in [0.5, 0.6) is 0 Å². The third kappa shape index (κ3) is 31.0. The summed E-state index contributed by atoms with van der Waals surface area (Å²) >= 11 is 0. The summed E-state index contributed by atoms with van der Waals surface area (Å²) in [5.41, 5.74) is 0. The molecule has 0 fully saturated rings. The minimum Gasteiger partial charge on any atom is -0.550 e. The summed E-state index contributed by atoms with van der Waals surface area (Å²) in [4.78, 5) is 68.5. The number of hydrogen-bond donors (Lipinski definition) is 6. The fourth-order valence-corrected chi connectivity index (χ4v) is 6.31. The first-order valence-electron chi connectivity index (χ1n) is 20.9. The second-order valence-electron chi connectivity index (χ2n) is 15.8. The molecule has 6 atom stereocenters. The van der Waals surface area contributed by atoms with Crippen LogP contribution in [0.25, 0.3) is 0 Å². The van der Waals surface area contributed by atoms with Crippen molar-refractivity contribution >= 4 is 73.4 Å². The maximum Gasteiger partial charge on any atom is 2.00 e. The number of aliphatic hydroxyl groups is 2. The number of carboxylic acid groups (broad SMARTS) is 4. The van der Waals surface area contributed by atoms with Crippen LogP contribution in [-0.4, -0.2) is 181 Å². The van der Waals surface area contributed by atoms with Gasteiger partial charge in [0, 0.05) is 62.3 Å². The quantitative estimate of drug-likeness (QED) is 0.0221. The van der Waals surface area contributed by atoms with E-state index >= 15 is 0 Å². The Morgan fingerprint density at radius 3 is 1.10 bits per heavy atom.